The Morgan fingerprint density at radius 3 is 2.67 bits per heavy atom. The fraction of sp³-hybridized carbons (Fsp3) is 0.400. The number of rotatable bonds is 4. The summed E-state index contributed by atoms with van der Waals surface area (Å²) in [4.78, 5) is 0. The second-order valence-corrected chi connectivity index (χ2v) is 5.74. The van der Waals surface area contributed by atoms with Crippen LogP contribution in [0.15, 0.2) is 34.8 Å². The van der Waals surface area contributed by atoms with Crippen molar-refractivity contribution in [3.63, 3.8) is 0 Å². The molecular formula is C15H18BrN3O2. The number of fused-ring (bicyclic) bond motifs is 1. The van der Waals surface area contributed by atoms with Crippen LogP contribution in [0.1, 0.15) is 12.5 Å². The predicted octanol–water partition coefficient (Wildman–Crippen LogP) is 3.29. The van der Waals surface area contributed by atoms with Crippen molar-refractivity contribution in [2.45, 2.75) is 18.8 Å². The van der Waals surface area contributed by atoms with E-state index in [0.717, 1.165) is 34.5 Å². The average molecular weight is 352 g/mol. The van der Waals surface area contributed by atoms with Gasteiger partial charge in [-0.05, 0) is 22.4 Å². The molecule has 21 heavy (non-hydrogen) atoms. The van der Waals surface area contributed by atoms with E-state index in [1.807, 2.05) is 22.9 Å². The van der Waals surface area contributed by atoms with Crippen molar-refractivity contribution in [1.29, 1.82) is 0 Å². The zero-order chi connectivity index (χ0) is 14.8. The van der Waals surface area contributed by atoms with Crippen molar-refractivity contribution in [2.75, 3.05) is 26.1 Å². The molecule has 0 radical (unpaired) electrons. The van der Waals surface area contributed by atoms with Crippen molar-refractivity contribution in [2.24, 2.45) is 0 Å². The van der Waals surface area contributed by atoms with Gasteiger partial charge in [-0.15, -0.1) is 0 Å². The van der Waals surface area contributed by atoms with Crippen LogP contribution in [0.5, 0.6) is 0 Å². The van der Waals surface area contributed by atoms with Crippen molar-refractivity contribution < 1.29 is 9.47 Å². The summed E-state index contributed by atoms with van der Waals surface area (Å²) in [6.07, 6.45) is 0.600. The van der Waals surface area contributed by atoms with E-state index in [2.05, 4.69) is 33.4 Å². The molecule has 1 aromatic heterocycles. The van der Waals surface area contributed by atoms with Crippen LogP contribution in [-0.2, 0) is 9.47 Å². The fourth-order valence-electron chi connectivity index (χ4n) is 2.72. The van der Waals surface area contributed by atoms with Crippen LogP contribution in [0.25, 0.3) is 11.3 Å². The zero-order valence-electron chi connectivity index (χ0n) is 12.0. The van der Waals surface area contributed by atoms with Gasteiger partial charge in [0.25, 0.3) is 0 Å². The number of benzene rings is 1. The Bertz CT molecular complexity index is 611. The highest BCUT2D eigenvalue weighted by Gasteiger charge is 2.31. The summed E-state index contributed by atoms with van der Waals surface area (Å²) < 4.78 is 13.8. The summed E-state index contributed by atoms with van der Waals surface area (Å²) in [7, 11) is 3.32. The molecule has 0 saturated heterocycles. The number of anilines is 1. The topological polar surface area (TPSA) is 48.3 Å². The molecule has 6 heteroatoms. The number of hydrogen-bond acceptors (Lipinski definition) is 4. The van der Waals surface area contributed by atoms with E-state index in [-0.39, 0.29) is 12.3 Å². The highest BCUT2D eigenvalue weighted by Crippen LogP contribution is 2.39. The molecular weight excluding hydrogens is 334 g/mol. The largest absolute Gasteiger partial charge is 0.369 e. The first-order valence-corrected chi connectivity index (χ1v) is 7.68. The third kappa shape index (κ3) is 2.59. The summed E-state index contributed by atoms with van der Waals surface area (Å²) in [5.41, 5.74) is 2.01. The molecule has 112 valence electrons. The molecule has 0 spiro atoms. The second-order valence-electron chi connectivity index (χ2n) is 4.94. The normalized spacial score (nSPS) is 17.6. The molecule has 1 atom stereocenters. The minimum absolute atomic E-state index is 0.0602. The van der Waals surface area contributed by atoms with Crippen molar-refractivity contribution in [3.8, 4) is 11.3 Å². The van der Waals surface area contributed by atoms with E-state index < -0.39 is 0 Å². The van der Waals surface area contributed by atoms with Crippen LogP contribution >= 0.6 is 15.9 Å². The highest BCUT2D eigenvalue weighted by atomic mass is 79.9. The Hall–Kier alpha value is -1.37. The molecule has 1 aromatic carbocycles. The van der Waals surface area contributed by atoms with Crippen molar-refractivity contribution in [3.05, 3.63) is 34.8 Å². The predicted molar refractivity (Wildman–Crippen MR) is 85.3 cm³/mol. The monoisotopic (exact) mass is 351 g/mol. The second kappa shape index (κ2) is 6.17. The minimum atomic E-state index is -0.304. The summed E-state index contributed by atoms with van der Waals surface area (Å²) in [5, 5.41) is 8.16. The highest BCUT2D eigenvalue weighted by molar-refractivity contribution is 9.10. The third-order valence-corrected chi connectivity index (χ3v) is 4.48. The van der Waals surface area contributed by atoms with E-state index in [1.54, 1.807) is 14.2 Å². The number of aromatic nitrogens is 2. The fourth-order valence-corrected chi connectivity index (χ4v) is 3.35. The lowest BCUT2D eigenvalue weighted by molar-refractivity contribution is -0.135. The summed E-state index contributed by atoms with van der Waals surface area (Å²) in [5.74, 6) is 0.976. The first-order chi connectivity index (χ1) is 10.3. The summed E-state index contributed by atoms with van der Waals surface area (Å²) in [6.45, 7) is 0.867. The number of ether oxygens (including phenoxy) is 2. The van der Waals surface area contributed by atoms with Gasteiger partial charge in [-0.1, -0.05) is 30.3 Å². The molecule has 2 heterocycles. The average Bonchev–Trinajstić information content (AvgIpc) is 2.88. The van der Waals surface area contributed by atoms with Gasteiger partial charge in [0, 0.05) is 26.3 Å². The molecule has 0 amide bonds. The van der Waals surface area contributed by atoms with Crippen molar-refractivity contribution >= 4 is 21.7 Å². The first-order valence-electron chi connectivity index (χ1n) is 6.89. The minimum Gasteiger partial charge on any atom is -0.369 e. The van der Waals surface area contributed by atoms with Crippen LogP contribution in [0.3, 0.4) is 0 Å². The standard InChI is InChI=1S/C15H18BrN3O2/c1-20-15(21-2)11-8-9-17-14-12(16)13(18-19(11)14)10-6-4-3-5-7-10/h3-7,11,15,17H,8-9H2,1-2H3. The van der Waals surface area contributed by atoms with Gasteiger partial charge in [-0.3, -0.25) is 0 Å². The molecule has 1 N–H and O–H groups in total. The number of nitrogens with zero attached hydrogens (tertiary/aromatic N) is 2. The van der Waals surface area contributed by atoms with E-state index >= 15 is 0 Å². The van der Waals surface area contributed by atoms with Crippen LogP contribution in [0.4, 0.5) is 5.82 Å². The van der Waals surface area contributed by atoms with Gasteiger partial charge in [-0.2, -0.15) is 5.10 Å². The lowest BCUT2D eigenvalue weighted by Crippen LogP contribution is -2.34. The van der Waals surface area contributed by atoms with Gasteiger partial charge < -0.3 is 14.8 Å². The number of methoxy groups -OCH3 is 2. The summed E-state index contributed by atoms with van der Waals surface area (Å²) >= 11 is 3.67. The van der Waals surface area contributed by atoms with Crippen LogP contribution in [0.2, 0.25) is 0 Å². The number of hydrogen-bond donors (Lipinski definition) is 1. The van der Waals surface area contributed by atoms with Gasteiger partial charge in [0.15, 0.2) is 6.29 Å². The van der Waals surface area contributed by atoms with Crippen LogP contribution in [0, 0.1) is 0 Å². The van der Waals surface area contributed by atoms with E-state index in [4.69, 9.17) is 14.6 Å². The third-order valence-electron chi connectivity index (χ3n) is 3.73. The summed E-state index contributed by atoms with van der Waals surface area (Å²) in [6, 6.07) is 10.2. The molecule has 2 aromatic rings. The molecule has 0 fully saturated rings. The molecule has 1 aliphatic heterocycles. The Labute approximate surface area is 132 Å². The Morgan fingerprint density at radius 2 is 2.00 bits per heavy atom. The molecule has 0 saturated carbocycles. The van der Waals surface area contributed by atoms with Crippen LogP contribution < -0.4 is 5.32 Å². The van der Waals surface area contributed by atoms with Gasteiger partial charge >= 0.3 is 0 Å². The van der Waals surface area contributed by atoms with Gasteiger partial charge in [0.2, 0.25) is 0 Å². The van der Waals surface area contributed by atoms with Crippen LogP contribution in [-0.4, -0.2) is 36.8 Å². The maximum Gasteiger partial charge on any atom is 0.179 e. The number of halogens is 1. The first kappa shape index (κ1) is 14.6. The Morgan fingerprint density at radius 1 is 1.29 bits per heavy atom. The zero-order valence-corrected chi connectivity index (χ0v) is 13.6. The van der Waals surface area contributed by atoms with E-state index in [9.17, 15) is 0 Å². The smallest absolute Gasteiger partial charge is 0.179 e. The lowest BCUT2D eigenvalue weighted by Gasteiger charge is -2.30. The van der Waals surface area contributed by atoms with E-state index in [0.29, 0.717) is 0 Å². The lowest BCUT2D eigenvalue weighted by atomic mass is 10.1. The van der Waals surface area contributed by atoms with Crippen molar-refractivity contribution in [1.82, 2.24) is 9.78 Å². The van der Waals surface area contributed by atoms with Gasteiger partial charge in [0.1, 0.15) is 17.6 Å². The SMILES string of the molecule is COC(OC)C1CCNc2c(Br)c(-c3ccccc3)nn21. The number of nitrogens with one attached hydrogen (secondary N) is 1. The maximum atomic E-state index is 5.42. The Balaban J connectivity index is 2.05. The van der Waals surface area contributed by atoms with Gasteiger partial charge in [0.05, 0.1) is 4.47 Å². The Kier molecular flexibility index (Phi) is 4.28. The quantitative estimate of drug-likeness (QED) is 0.858. The maximum absolute atomic E-state index is 5.42. The molecule has 0 aliphatic carbocycles. The van der Waals surface area contributed by atoms with Gasteiger partial charge in [-0.25, -0.2) is 4.68 Å². The molecule has 1 aliphatic rings. The molecule has 5 nitrogen and oxygen atoms in total. The molecule has 3 rings (SSSR count). The molecule has 0 bridgehead atoms. The molecule has 1 unspecified atom stereocenters. The van der Waals surface area contributed by atoms with E-state index in [1.165, 1.54) is 0 Å².